The second-order valence-corrected chi connectivity index (χ2v) is 13.5. The van der Waals surface area contributed by atoms with Crippen LogP contribution >= 0.6 is 0 Å². The molecule has 2 aromatic rings. The lowest BCUT2D eigenvalue weighted by Crippen LogP contribution is -2.49. The highest BCUT2D eigenvalue weighted by Gasteiger charge is 2.38. The molecule has 0 saturated heterocycles. The zero-order chi connectivity index (χ0) is 19.3. The van der Waals surface area contributed by atoms with Crippen molar-refractivity contribution in [3.63, 3.8) is 0 Å². The molecule has 5 nitrogen and oxygen atoms in total. The van der Waals surface area contributed by atoms with Crippen molar-refractivity contribution >= 4 is 25.3 Å². The van der Waals surface area contributed by atoms with Crippen LogP contribution in [0, 0.1) is 5.82 Å². The van der Waals surface area contributed by atoms with Crippen molar-refractivity contribution < 1.29 is 13.6 Å². The Balaban J connectivity index is 1.78. The van der Waals surface area contributed by atoms with Gasteiger partial charge >= 0.3 is 0 Å². The molecule has 2 aromatic heterocycles. The first-order valence-corrected chi connectivity index (χ1v) is 12.0. The molecule has 3 rings (SSSR count). The summed E-state index contributed by atoms with van der Waals surface area (Å²) in [4.78, 5) is 18.9. The van der Waals surface area contributed by atoms with Gasteiger partial charge in [-0.05, 0) is 31.1 Å². The third kappa shape index (κ3) is 3.30. The van der Waals surface area contributed by atoms with Crippen LogP contribution < -0.4 is 0 Å². The molecule has 26 heavy (non-hydrogen) atoms. The van der Waals surface area contributed by atoms with E-state index in [1.165, 1.54) is 12.3 Å². The van der Waals surface area contributed by atoms with Gasteiger partial charge in [-0.1, -0.05) is 20.8 Å². The lowest BCUT2D eigenvalue weighted by molar-refractivity contribution is 0.0577. The smallest absolute Gasteiger partial charge is 0.270 e. The van der Waals surface area contributed by atoms with Crippen molar-refractivity contribution in [1.82, 2.24) is 14.5 Å². The average Bonchev–Trinajstić information content (AvgIpc) is 2.87. The molecular weight excluding hydrogens is 349 g/mol. The molecule has 0 aromatic carbocycles. The number of pyridine rings is 1. The molecule has 1 atom stereocenters. The Hall–Kier alpha value is -1.73. The highest BCUT2D eigenvalue weighted by Crippen LogP contribution is 2.36. The molecule has 7 heteroatoms. The molecular formula is C19H28FN3O2Si. The molecule has 0 aliphatic carbocycles. The summed E-state index contributed by atoms with van der Waals surface area (Å²) < 4.78 is 21.7. The minimum Gasteiger partial charge on any atom is -0.415 e. The molecule has 0 spiro atoms. The summed E-state index contributed by atoms with van der Waals surface area (Å²) in [5.74, 6) is -0.426. The van der Waals surface area contributed by atoms with Crippen LogP contribution in [0.1, 0.15) is 38.2 Å². The number of hydrogen-bond acceptors (Lipinski definition) is 3. The summed E-state index contributed by atoms with van der Waals surface area (Å²) in [5, 5.41) is 0.146. The van der Waals surface area contributed by atoms with Crippen LogP contribution in [0.4, 0.5) is 4.39 Å². The van der Waals surface area contributed by atoms with Gasteiger partial charge in [-0.3, -0.25) is 9.78 Å². The second-order valence-electron chi connectivity index (χ2n) is 8.65. The van der Waals surface area contributed by atoms with E-state index in [1.54, 1.807) is 6.07 Å². The van der Waals surface area contributed by atoms with E-state index in [0.29, 0.717) is 36.4 Å². The van der Waals surface area contributed by atoms with Crippen LogP contribution in [0.15, 0.2) is 18.3 Å². The number of fused-ring (bicyclic) bond motifs is 3. The van der Waals surface area contributed by atoms with Crippen molar-refractivity contribution in [1.29, 1.82) is 0 Å². The summed E-state index contributed by atoms with van der Waals surface area (Å²) in [5.41, 5.74) is 1.90. The minimum atomic E-state index is -1.83. The molecule has 0 unspecified atom stereocenters. The van der Waals surface area contributed by atoms with Crippen LogP contribution in [0.25, 0.3) is 11.0 Å². The van der Waals surface area contributed by atoms with Gasteiger partial charge in [0.1, 0.15) is 11.5 Å². The van der Waals surface area contributed by atoms with E-state index in [9.17, 15) is 9.18 Å². The molecule has 0 fully saturated rings. The van der Waals surface area contributed by atoms with E-state index in [-0.39, 0.29) is 22.8 Å². The quantitative estimate of drug-likeness (QED) is 0.756. The van der Waals surface area contributed by atoms with Crippen molar-refractivity contribution in [2.24, 2.45) is 0 Å². The average molecular weight is 378 g/mol. The van der Waals surface area contributed by atoms with Gasteiger partial charge < -0.3 is 13.9 Å². The number of carbonyl (C=O) groups excluding carboxylic acids is 1. The standard InChI is InChI=1S/C19H28FN3O2Si/c1-13-12-23-16-9-14(20)11-21-15(16)10-17(23)18(24)22(13)7-8-25-26(5,6)19(2,3)4/h9-11,13H,7-8,12H2,1-6H3/t13-/m1/s1. The number of carbonyl (C=O) groups is 1. The molecule has 1 amide bonds. The molecule has 0 radical (unpaired) electrons. The fourth-order valence-electron chi connectivity index (χ4n) is 3.13. The lowest BCUT2D eigenvalue weighted by atomic mass is 10.2. The van der Waals surface area contributed by atoms with E-state index in [1.807, 2.05) is 16.4 Å². The van der Waals surface area contributed by atoms with Crippen molar-refractivity contribution in [2.75, 3.05) is 13.2 Å². The number of halogens is 1. The predicted octanol–water partition coefficient (Wildman–Crippen LogP) is 4.04. The molecule has 0 saturated carbocycles. The van der Waals surface area contributed by atoms with E-state index in [0.717, 1.165) is 0 Å². The highest BCUT2D eigenvalue weighted by molar-refractivity contribution is 6.74. The summed E-state index contributed by atoms with van der Waals surface area (Å²) in [6, 6.07) is 3.23. The topological polar surface area (TPSA) is 47.4 Å². The molecule has 3 heterocycles. The summed E-state index contributed by atoms with van der Waals surface area (Å²) >= 11 is 0. The van der Waals surface area contributed by atoms with Gasteiger partial charge in [-0.25, -0.2) is 4.39 Å². The molecule has 142 valence electrons. The Kier molecular flexibility index (Phi) is 4.73. The number of rotatable bonds is 4. The normalized spacial score (nSPS) is 18.5. The van der Waals surface area contributed by atoms with E-state index in [2.05, 4.69) is 38.8 Å². The SMILES string of the molecule is C[C@@H]1Cn2c(cc3ncc(F)cc32)C(=O)N1CCO[Si](C)(C)C(C)(C)C. The van der Waals surface area contributed by atoms with Crippen molar-refractivity contribution in [3.8, 4) is 0 Å². The second kappa shape index (κ2) is 6.46. The van der Waals surface area contributed by atoms with Gasteiger partial charge in [0, 0.05) is 25.2 Å². The Morgan fingerprint density at radius 2 is 2.04 bits per heavy atom. The Labute approximate surface area is 155 Å². The maximum absolute atomic E-state index is 13.5. The van der Waals surface area contributed by atoms with E-state index >= 15 is 0 Å². The van der Waals surface area contributed by atoms with Crippen LogP contribution in [0.3, 0.4) is 0 Å². The van der Waals surface area contributed by atoms with Gasteiger partial charge in [0.2, 0.25) is 0 Å². The van der Waals surface area contributed by atoms with Gasteiger partial charge in [-0.15, -0.1) is 0 Å². The third-order valence-electron chi connectivity index (χ3n) is 5.78. The minimum absolute atomic E-state index is 0.0249. The van der Waals surface area contributed by atoms with Gasteiger partial charge in [-0.2, -0.15) is 0 Å². The Bertz CT molecular complexity index is 841. The molecule has 0 bridgehead atoms. The Morgan fingerprint density at radius 1 is 1.35 bits per heavy atom. The van der Waals surface area contributed by atoms with E-state index < -0.39 is 8.32 Å². The summed E-state index contributed by atoms with van der Waals surface area (Å²) in [7, 11) is -1.83. The van der Waals surface area contributed by atoms with Crippen LogP contribution in [0.5, 0.6) is 0 Å². The molecule has 1 aliphatic heterocycles. The number of amides is 1. The predicted molar refractivity (Wildman–Crippen MR) is 103 cm³/mol. The zero-order valence-corrected chi connectivity index (χ0v) is 17.5. The first-order chi connectivity index (χ1) is 12.0. The maximum atomic E-state index is 13.5. The fourth-order valence-corrected chi connectivity index (χ4v) is 4.16. The van der Waals surface area contributed by atoms with Gasteiger partial charge in [0.15, 0.2) is 8.32 Å². The zero-order valence-electron chi connectivity index (χ0n) is 16.5. The first kappa shape index (κ1) is 19.0. The summed E-state index contributed by atoms with van der Waals surface area (Å²) in [6.45, 7) is 14.8. The van der Waals surface area contributed by atoms with Crippen molar-refractivity contribution in [3.05, 3.63) is 29.8 Å². The third-order valence-corrected chi connectivity index (χ3v) is 10.3. The number of hydrogen-bond donors (Lipinski definition) is 0. The van der Waals surface area contributed by atoms with E-state index in [4.69, 9.17) is 4.43 Å². The number of aromatic nitrogens is 2. The van der Waals surface area contributed by atoms with Gasteiger partial charge in [0.05, 0.1) is 23.8 Å². The maximum Gasteiger partial charge on any atom is 0.270 e. The van der Waals surface area contributed by atoms with Gasteiger partial charge in [0.25, 0.3) is 5.91 Å². The first-order valence-electron chi connectivity index (χ1n) is 9.11. The molecule has 1 aliphatic rings. The van der Waals surface area contributed by atoms with Crippen molar-refractivity contribution in [2.45, 2.75) is 58.4 Å². The highest BCUT2D eigenvalue weighted by atomic mass is 28.4. The number of nitrogens with zero attached hydrogens (tertiary/aromatic N) is 3. The lowest BCUT2D eigenvalue weighted by Gasteiger charge is -2.38. The Morgan fingerprint density at radius 3 is 2.69 bits per heavy atom. The van der Waals surface area contributed by atoms with Crippen LogP contribution in [0.2, 0.25) is 18.1 Å². The van der Waals surface area contributed by atoms with Crippen LogP contribution in [-0.4, -0.2) is 47.9 Å². The van der Waals surface area contributed by atoms with Crippen LogP contribution in [-0.2, 0) is 11.0 Å². The molecule has 0 N–H and O–H groups in total. The monoisotopic (exact) mass is 377 g/mol. The fraction of sp³-hybridized carbons (Fsp3) is 0.579. The largest absolute Gasteiger partial charge is 0.415 e. The summed E-state index contributed by atoms with van der Waals surface area (Å²) in [6.07, 6.45) is 1.19.